The highest BCUT2D eigenvalue weighted by atomic mass is 15.2. The Balaban J connectivity index is 1.84. The predicted molar refractivity (Wildman–Crippen MR) is 86.2 cm³/mol. The van der Waals surface area contributed by atoms with Crippen molar-refractivity contribution in [3.8, 4) is 0 Å². The summed E-state index contributed by atoms with van der Waals surface area (Å²) in [5.41, 5.74) is 2.94. The van der Waals surface area contributed by atoms with E-state index < -0.39 is 0 Å². The summed E-state index contributed by atoms with van der Waals surface area (Å²) in [4.78, 5) is 2.71. The maximum atomic E-state index is 2.71. The van der Waals surface area contributed by atoms with Crippen molar-refractivity contribution in [1.82, 2.24) is 9.47 Å². The van der Waals surface area contributed by atoms with E-state index >= 15 is 0 Å². The number of hydrogen-bond acceptors (Lipinski definition) is 1. The Morgan fingerprint density at radius 1 is 1.15 bits per heavy atom. The van der Waals surface area contributed by atoms with E-state index in [4.69, 9.17) is 0 Å². The minimum Gasteiger partial charge on any atom is -0.344 e. The summed E-state index contributed by atoms with van der Waals surface area (Å²) in [7, 11) is 0. The molecule has 1 aliphatic heterocycles. The molecule has 0 saturated heterocycles. The van der Waals surface area contributed by atoms with Crippen molar-refractivity contribution in [2.24, 2.45) is 0 Å². The first-order valence-electron chi connectivity index (χ1n) is 8.14. The Bertz CT molecular complexity index is 564. The van der Waals surface area contributed by atoms with Gasteiger partial charge in [0.05, 0.1) is 0 Å². The van der Waals surface area contributed by atoms with E-state index in [1.165, 1.54) is 61.9 Å². The predicted octanol–water partition coefficient (Wildman–Crippen LogP) is 4.08. The molecule has 0 unspecified atom stereocenters. The number of para-hydroxylation sites is 1. The molecule has 3 rings (SSSR count). The molecule has 0 saturated carbocycles. The van der Waals surface area contributed by atoms with E-state index in [0.29, 0.717) is 0 Å². The molecule has 0 aliphatic carbocycles. The van der Waals surface area contributed by atoms with Gasteiger partial charge in [-0.2, -0.15) is 0 Å². The lowest BCUT2D eigenvalue weighted by Crippen LogP contribution is -2.41. The van der Waals surface area contributed by atoms with E-state index in [9.17, 15) is 0 Å². The fourth-order valence-electron chi connectivity index (χ4n) is 3.69. The second-order valence-electron chi connectivity index (χ2n) is 6.03. The van der Waals surface area contributed by atoms with Crippen LogP contribution in [0.2, 0.25) is 0 Å². The number of aryl methyl sites for hydroxylation is 1. The highest BCUT2D eigenvalue weighted by Gasteiger charge is 2.24. The van der Waals surface area contributed by atoms with Crippen molar-refractivity contribution in [1.29, 1.82) is 0 Å². The van der Waals surface area contributed by atoms with Crippen LogP contribution in [-0.2, 0) is 13.0 Å². The third-order valence-electron chi connectivity index (χ3n) is 4.57. The summed E-state index contributed by atoms with van der Waals surface area (Å²) in [5, 5.41) is 1.40. The van der Waals surface area contributed by atoms with E-state index in [-0.39, 0.29) is 0 Å². The molecule has 0 fully saturated rings. The number of aromatic nitrogens is 1. The second kappa shape index (κ2) is 6.01. The highest BCUT2D eigenvalue weighted by Crippen LogP contribution is 2.27. The summed E-state index contributed by atoms with van der Waals surface area (Å²) >= 11 is 0. The standard InChI is InChI=1S/C18H26N2/c1-3-10-19(11-4-2)16-9-12-20-17(14-16)13-15-7-5-6-8-18(15)20/h5-8,13,16H,3-4,9-12,14H2,1-2H3/t16-/m0/s1. The van der Waals surface area contributed by atoms with Gasteiger partial charge in [-0.25, -0.2) is 0 Å². The average molecular weight is 270 g/mol. The van der Waals surface area contributed by atoms with Gasteiger partial charge in [0, 0.05) is 30.2 Å². The fraction of sp³-hybridized carbons (Fsp3) is 0.556. The Kier molecular flexibility index (Phi) is 4.11. The van der Waals surface area contributed by atoms with E-state index in [1.807, 2.05) is 0 Å². The largest absolute Gasteiger partial charge is 0.344 e. The number of rotatable bonds is 5. The van der Waals surface area contributed by atoms with Crippen LogP contribution in [0.5, 0.6) is 0 Å². The zero-order valence-electron chi connectivity index (χ0n) is 12.8. The van der Waals surface area contributed by atoms with Crippen molar-refractivity contribution >= 4 is 10.9 Å². The molecular weight excluding hydrogens is 244 g/mol. The summed E-state index contributed by atoms with van der Waals surface area (Å²) < 4.78 is 2.53. The Hall–Kier alpha value is -1.28. The van der Waals surface area contributed by atoms with Gasteiger partial charge in [0.2, 0.25) is 0 Å². The molecule has 20 heavy (non-hydrogen) atoms. The smallest absolute Gasteiger partial charge is 0.0482 e. The van der Waals surface area contributed by atoms with Crippen molar-refractivity contribution in [3.63, 3.8) is 0 Å². The SMILES string of the molecule is CCCN(CCC)[C@H]1CCn2c(cc3ccccc32)C1. The molecule has 2 heteroatoms. The van der Waals surface area contributed by atoms with Crippen molar-refractivity contribution in [3.05, 3.63) is 36.0 Å². The van der Waals surface area contributed by atoms with Crippen LogP contribution in [0.3, 0.4) is 0 Å². The van der Waals surface area contributed by atoms with Gasteiger partial charge < -0.3 is 4.57 Å². The number of fused-ring (bicyclic) bond motifs is 3. The molecule has 1 aliphatic rings. The van der Waals surface area contributed by atoms with Gasteiger partial charge in [-0.05, 0) is 49.9 Å². The van der Waals surface area contributed by atoms with Crippen molar-refractivity contribution < 1.29 is 0 Å². The molecule has 1 aromatic carbocycles. The Labute approximate surface area is 122 Å². The highest BCUT2D eigenvalue weighted by molar-refractivity contribution is 5.81. The first-order chi connectivity index (χ1) is 9.83. The lowest BCUT2D eigenvalue weighted by atomic mass is 10.0. The molecule has 2 heterocycles. The summed E-state index contributed by atoms with van der Waals surface area (Å²) in [6, 6.07) is 11.9. The van der Waals surface area contributed by atoms with E-state index in [0.717, 1.165) is 6.04 Å². The fourth-order valence-corrected chi connectivity index (χ4v) is 3.69. The first kappa shape index (κ1) is 13.7. The van der Waals surface area contributed by atoms with Crippen LogP contribution < -0.4 is 0 Å². The molecule has 2 nitrogen and oxygen atoms in total. The molecule has 108 valence electrons. The van der Waals surface area contributed by atoms with Gasteiger partial charge in [0.15, 0.2) is 0 Å². The second-order valence-corrected chi connectivity index (χ2v) is 6.03. The Morgan fingerprint density at radius 2 is 1.90 bits per heavy atom. The van der Waals surface area contributed by atoms with Crippen LogP contribution >= 0.6 is 0 Å². The van der Waals surface area contributed by atoms with Gasteiger partial charge >= 0.3 is 0 Å². The molecular formula is C18H26N2. The maximum Gasteiger partial charge on any atom is 0.0482 e. The monoisotopic (exact) mass is 270 g/mol. The molecule has 0 spiro atoms. The summed E-state index contributed by atoms with van der Waals surface area (Å²) in [5.74, 6) is 0. The van der Waals surface area contributed by atoms with Crippen LogP contribution in [0, 0.1) is 0 Å². The summed E-state index contributed by atoms with van der Waals surface area (Å²) in [6.07, 6.45) is 5.04. The third-order valence-corrected chi connectivity index (χ3v) is 4.57. The molecule has 2 aromatic rings. The van der Waals surface area contributed by atoms with Crippen LogP contribution in [-0.4, -0.2) is 28.6 Å². The summed E-state index contributed by atoms with van der Waals surface area (Å²) in [6.45, 7) is 8.26. The zero-order chi connectivity index (χ0) is 13.9. The van der Waals surface area contributed by atoms with Crippen LogP contribution in [0.15, 0.2) is 30.3 Å². The van der Waals surface area contributed by atoms with Crippen molar-refractivity contribution in [2.75, 3.05) is 13.1 Å². The molecule has 1 atom stereocenters. The topological polar surface area (TPSA) is 8.17 Å². The molecule has 0 N–H and O–H groups in total. The minimum absolute atomic E-state index is 0.742. The lowest BCUT2D eigenvalue weighted by molar-refractivity contribution is 0.168. The van der Waals surface area contributed by atoms with Gasteiger partial charge in [-0.1, -0.05) is 32.0 Å². The number of nitrogens with zero attached hydrogens (tertiary/aromatic N) is 2. The zero-order valence-corrected chi connectivity index (χ0v) is 12.8. The number of benzene rings is 1. The molecule has 0 radical (unpaired) electrons. The van der Waals surface area contributed by atoms with Gasteiger partial charge in [0.25, 0.3) is 0 Å². The van der Waals surface area contributed by atoms with Crippen LogP contribution in [0.25, 0.3) is 10.9 Å². The molecule has 0 amide bonds. The van der Waals surface area contributed by atoms with E-state index in [2.05, 4.69) is 53.6 Å². The normalized spacial score (nSPS) is 18.6. The average Bonchev–Trinajstić information content (AvgIpc) is 2.84. The van der Waals surface area contributed by atoms with Crippen molar-refractivity contribution in [2.45, 2.75) is 52.1 Å². The van der Waals surface area contributed by atoms with Gasteiger partial charge in [0.1, 0.15) is 0 Å². The van der Waals surface area contributed by atoms with Gasteiger partial charge in [-0.15, -0.1) is 0 Å². The third kappa shape index (κ3) is 2.49. The minimum atomic E-state index is 0.742. The van der Waals surface area contributed by atoms with Crippen LogP contribution in [0.4, 0.5) is 0 Å². The maximum absolute atomic E-state index is 2.71. The van der Waals surface area contributed by atoms with Crippen LogP contribution in [0.1, 0.15) is 38.8 Å². The Morgan fingerprint density at radius 3 is 2.65 bits per heavy atom. The van der Waals surface area contributed by atoms with Gasteiger partial charge in [-0.3, -0.25) is 4.90 Å². The molecule has 1 aromatic heterocycles. The first-order valence-corrected chi connectivity index (χ1v) is 8.14. The number of hydrogen-bond donors (Lipinski definition) is 0. The quantitative estimate of drug-likeness (QED) is 0.795. The molecule has 0 bridgehead atoms. The lowest BCUT2D eigenvalue weighted by Gasteiger charge is -2.35. The van der Waals surface area contributed by atoms with E-state index in [1.54, 1.807) is 0 Å².